The van der Waals surface area contributed by atoms with Crippen molar-refractivity contribution in [2.24, 2.45) is 0 Å². The lowest BCUT2D eigenvalue weighted by atomic mass is 9.92. The van der Waals surface area contributed by atoms with Crippen LogP contribution in [0.15, 0.2) is 291 Å². The zero-order valence-electron chi connectivity index (χ0n) is 40.6. The molecule has 0 atom stereocenters. The van der Waals surface area contributed by atoms with Crippen molar-refractivity contribution in [3.63, 3.8) is 0 Å². The number of benzene rings is 12. The van der Waals surface area contributed by atoms with Gasteiger partial charge >= 0.3 is 0 Å². The lowest BCUT2D eigenvalue weighted by Crippen LogP contribution is -1.94. The summed E-state index contributed by atoms with van der Waals surface area (Å²) in [6.45, 7) is 0. The van der Waals surface area contributed by atoms with E-state index in [1.54, 1.807) is 0 Å². The Morgan fingerprint density at radius 1 is 0.162 bits per heavy atom. The highest BCUT2D eigenvalue weighted by molar-refractivity contribution is 6.13. The van der Waals surface area contributed by atoms with Crippen molar-refractivity contribution < 1.29 is 0 Å². The number of aromatic nitrogens is 2. The summed E-state index contributed by atoms with van der Waals surface area (Å²) in [6, 6.07) is 106. The average Bonchev–Trinajstić information content (AvgIpc) is 4.00. The molecule has 0 radical (unpaired) electrons. The topological polar surface area (TPSA) is 9.86 Å². The van der Waals surface area contributed by atoms with Crippen LogP contribution in [0.1, 0.15) is 0 Å². The van der Waals surface area contributed by atoms with Crippen LogP contribution in [-0.2, 0) is 0 Å². The monoisotopic (exact) mass is 940 g/mol. The van der Waals surface area contributed by atoms with Crippen molar-refractivity contribution in [1.82, 2.24) is 9.13 Å². The number of hydrogen-bond acceptors (Lipinski definition) is 0. The molecule has 0 unspecified atom stereocenters. The summed E-state index contributed by atoms with van der Waals surface area (Å²) in [7, 11) is 0. The fourth-order valence-corrected chi connectivity index (χ4v) is 11.3. The van der Waals surface area contributed by atoms with Crippen molar-refractivity contribution in [2.45, 2.75) is 0 Å². The summed E-state index contributed by atoms with van der Waals surface area (Å²) in [5.41, 5.74) is 23.9. The molecule has 0 bridgehead atoms. The van der Waals surface area contributed by atoms with Crippen LogP contribution in [0.25, 0.3) is 133 Å². The molecule has 0 aliphatic rings. The zero-order valence-corrected chi connectivity index (χ0v) is 40.6. The van der Waals surface area contributed by atoms with E-state index in [1.807, 2.05) is 0 Å². The SMILES string of the molecule is c1ccc(-c2cccc(-c3cccc(-c4ccc(-c5ccccc5-c5ccc(-n6c7ccccc7c7cc(-c8ccc9c(c8)c8ccccc8n9-c8cccc(-c9ccccc9)c8)ccc76)cc5)cc4)c3)c2)cc1. The van der Waals surface area contributed by atoms with Crippen LogP contribution < -0.4 is 0 Å². The first-order chi connectivity index (χ1) is 36.7. The van der Waals surface area contributed by atoms with Crippen LogP contribution in [0.5, 0.6) is 0 Å². The fourth-order valence-electron chi connectivity index (χ4n) is 11.3. The van der Waals surface area contributed by atoms with Gasteiger partial charge in [0.05, 0.1) is 22.1 Å². The minimum absolute atomic E-state index is 1.13. The van der Waals surface area contributed by atoms with E-state index in [4.69, 9.17) is 0 Å². The summed E-state index contributed by atoms with van der Waals surface area (Å²) in [4.78, 5) is 0. The largest absolute Gasteiger partial charge is 0.309 e. The number of hydrogen-bond donors (Lipinski definition) is 0. The van der Waals surface area contributed by atoms with E-state index in [9.17, 15) is 0 Å². The molecule has 12 aromatic carbocycles. The predicted octanol–water partition coefficient (Wildman–Crippen LogP) is 19.5. The third kappa shape index (κ3) is 7.60. The molecule has 2 nitrogen and oxygen atoms in total. The second-order valence-electron chi connectivity index (χ2n) is 19.3. The molecule has 0 amide bonds. The predicted molar refractivity (Wildman–Crippen MR) is 313 cm³/mol. The van der Waals surface area contributed by atoms with Gasteiger partial charge < -0.3 is 9.13 Å². The van der Waals surface area contributed by atoms with Crippen LogP contribution in [-0.4, -0.2) is 9.13 Å². The van der Waals surface area contributed by atoms with E-state index in [0.717, 1.165) is 11.4 Å². The molecule has 2 heterocycles. The maximum absolute atomic E-state index is 2.41. The fraction of sp³-hybridized carbons (Fsp3) is 0. The van der Waals surface area contributed by atoms with E-state index in [-0.39, 0.29) is 0 Å². The standard InChI is InChI=1S/C72H48N2/c1-3-16-49(17-4-1)54-20-13-22-56(44-54)57-23-14-21-55(45-57)51-32-34-52(35-33-51)63-26-7-8-27-64(63)53-36-40-61(41-37-53)73-69-30-11-9-28-65(69)67-47-59(38-42-71(67)73)60-39-43-72-68(48-60)66-29-10-12-31-70(66)74(72)62-25-15-24-58(46-62)50-18-5-2-6-19-50/h1-48H. The van der Waals surface area contributed by atoms with Crippen molar-refractivity contribution in [1.29, 1.82) is 0 Å². The van der Waals surface area contributed by atoms with Crippen molar-refractivity contribution in [3.8, 4) is 89.3 Å². The molecule has 0 spiro atoms. The Hall–Kier alpha value is -9.76. The summed E-state index contributed by atoms with van der Waals surface area (Å²) >= 11 is 0. The summed E-state index contributed by atoms with van der Waals surface area (Å²) in [5.74, 6) is 0. The number of nitrogens with zero attached hydrogens (tertiary/aromatic N) is 2. The van der Waals surface area contributed by atoms with Gasteiger partial charge in [-0.1, -0.05) is 218 Å². The van der Waals surface area contributed by atoms with Gasteiger partial charge in [-0.05, 0) is 151 Å². The maximum Gasteiger partial charge on any atom is 0.0541 e. The third-order valence-electron chi connectivity index (χ3n) is 14.9. The molecule has 0 saturated carbocycles. The summed E-state index contributed by atoms with van der Waals surface area (Å²) < 4.78 is 4.82. The Kier molecular flexibility index (Phi) is 10.6. The quantitative estimate of drug-likeness (QED) is 0.136. The van der Waals surface area contributed by atoms with E-state index in [2.05, 4.69) is 300 Å². The van der Waals surface area contributed by atoms with Crippen LogP contribution in [0, 0.1) is 0 Å². The molecule has 0 aliphatic heterocycles. The van der Waals surface area contributed by atoms with Gasteiger partial charge in [-0.2, -0.15) is 0 Å². The Bertz CT molecular complexity index is 4390. The number of para-hydroxylation sites is 2. The zero-order chi connectivity index (χ0) is 49.0. The molecule has 14 aromatic rings. The van der Waals surface area contributed by atoms with Gasteiger partial charge in [0.25, 0.3) is 0 Å². The van der Waals surface area contributed by atoms with E-state index in [0.29, 0.717) is 0 Å². The molecule has 0 fully saturated rings. The van der Waals surface area contributed by atoms with Gasteiger partial charge in [-0.3, -0.25) is 0 Å². The molecule has 0 N–H and O–H groups in total. The van der Waals surface area contributed by atoms with Gasteiger partial charge in [0.1, 0.15) is 0 Å². The van der Waals surface area contributed by atoms with Crippen molar-refractivity contribution in [3.05, 3.63) is 291 Å². The van der Waals surface area contributed by atoms with E-state index >= 15 is 0 Å². The van der Waals surface area contributed by atoms with Gasteiger partial charge in [-0.25, -0.2) is 0 Å². The average molecular weight is 941 g/mol. The molecule has 14 rings (SSSR count). The van der Waals surface area contributed by atoms with Gasteiger partial charge in [0, 0.05) is 32.9 Å². The normalized spacial score (nSPS) is 11.5. The summed E-state index contributed by atoms with van der Waals surface area (Å²) in [5, 5.41) is 4.96. The molecule has 74 heavy (non-hydrogen) atoms. The molecule has 2 heteroatoms. The van der Waals surface area contributed by atoms with E-state index < -0.39 is 0 Å². The highest BCUT2D eigenvalue weighted by Gasteiger charge is 2.18. The lowest BCUT2D eigenvalue weighted by Gasteiger charge is -2.13. The Morgan fingerprint density at radius 2 is 0.486 bits per heavy atom. The van der Waals surface area contributed by atoms with Gasteiger partial charge in [-0.15, -0.1) is 0 Å². The molecule has 346 valence electrons. The number of fused-ring (bicyclic) bond motifs is 6. The second kappa shape index (κ2) is 18.1. The first-order valence-electron chi connectivity index (χ1n) is 25.5. The van der Waals surface area contributed by atoms with Gasteiger partial charge in [0.2, 0.25) is 0 Å². The second-order valence-corrected chi connectivity index (χ2v) is 19.3. The van der Waals surface area contributed by atoms with Crippen LogP contribution in [0.3, 0.4) is 0 Å². The highest BCUT2D eigenvalue weighted by Crippen LogP contribution is 2.40. The van der Waals surface area contributed by atoms with Crippen molar-refractivity contribution >= 4 is 43.6 Å². The lowest BCUT2D eigenvalue weighted by molar-refractivity contribution is 1.18. The Morgan fingerprint density at radius 3 is 1.00 bits per heavy atom. The molecule has 2 aromatic heterocycles. The number of rotatable bonds is 9. The Balaban J connectivity index is 0.768. The molecule has 0 saturated heterocycles. The van der Waals surface area contributed by atoms with Crippen LogP contribution in [0.2, 0.25) is 0 Å². The first kappa shape index (κ1) is 43.1. The van der Waals surface area contributed by atoms with Crippen LogP contribution in [0.4, 0.5) is 0 Å². The first-order valence-corrected chi connectivity index (χ1v) is 25.5. The van der Waals surface area contributed by atoms with Gasteiger partial charge in [0.15, 0.2) is 0 Å². The van der Waals surface area contributed by atoms with Crippen molar-refractivity contribution in [2.75, 3.05) is 0 Å². The molecular formula is C72H48N2. The Labute approximate surface area is 431 Å². The third-order valence-corrected chi connectivity index (χ3v) is 14.9. The minimum atomic E-state index is 1.13. The summed E-state index contributed by atoms with van der Waals surface area (Å²) in [6.07, 6.45) is 0. The molecule has 0 aliphatic carbocycles. The highest BCUT2D eigenvalue weighted by atomic mass is 15.0. The minimum Gasteiger partial charge on any atom is -0.309 e. The molecular weight excluding hydrogens is 893 g/mol. The maximum atomic E-state index is 2.41. The van der Waals surface area contributed by atoms with Crippen LogP contribution >= 0.6 is 0 Å². The van der Waals surface area contributed by atoms with E-state index in [1.165, 1.54) is 122 Å². The smallest absolute Gasteiger partial charge is 0.0541 e.